The van der Waals surface area contributed by atoms with E-state index in [9.17, 15) is 0 Å². The number of aromatic nitrogens is 3. The number of likely N-dealkylation sites (tertiary alicyclic amines) is 1. The van der Waals surface area contributed by atoms with Crippen LogP contribution in [0.5, 0.6) is 0 Å². The van der Waals surface area contributed by atoms with Crippen LogP contribution in [0.25, 0.3) is 0 Å². The van der Waals surface area contributed by atoms with Crippen LogP contribution in [0.15, 0.2) is 33.1 Å². The van der Waals surface area contributed by atoms with Crippen LogP contribution in [0.1, 0.15) is 25.0 Å². The van der Waals surface area contributed by atoms with Gasteiger partial charge in [0.2, 0.25) is 0 Å². The second kappa shape index (κ2) is 6.30. The number of rotatable bonds is 4. The van der Waals surface area contributed by atoms with Crippen LogP contribution in [-0.4, -0.2) is 45.8 Å². The van der Waals surface area contributed by atoms with E-state index in [-0.39, 0.29) is 0 Å². The average Bonchev–Trinajstić information content (AvgIpc) is 3.25. The molecule has 2 aromatic heterocycles. The van der Waals surface area contributed by atoms with Crippen LogP contribution in [0.3, 0.4) is 0 Å². The van der Waals surface area contributed by atoms with Crippen molar-refractivity contribution >= 4 is 11.8 Å². The maximum atomic E-state index is 5.97. The Labute approximate surface area is 140 Å². The molecule has 2 saturated heterocycles. The fraction of sp³-hybridized carbons (Fsp3) is 0.625. The molecule has 0 aromatic carbocycles. The van der Waals surface area contributed by atoms with Gasteiger partial charge in [-0.1, -0.05) is 0 Å². The SMILES string of the molecule is Cn1cnnc1Sc1ccc(CN2CC[C@]3(CCCNC3)C2)o1. The van der Waals surface area contributed by atoms with Crippen LogP contribution in [-0.2, 0) is 13.6 Å². The van der Waals surface area contributed by atoms with Gasteiger partial charge in [0, 0.05) is 20.1 Å². The minimum Gasteiger partial charge on any atom is -0.453 e. The summed E-state index contributed by atoms with van der Waals surface area (Å²) in [6.45, 7) is 5.62. The van der Waals surface area contributed by atoms with Gasteiger partial charge in [0.05, 0.1) is 6.54 Å². The highest BCUT2D eigenvalue weighted by atomic mass is 32.2. The summed E-state index contributed by atoms with van der Waals surface area (Å²) in [5.74, 6) is 1.04. The third kappa shape index (κ3) is 3.32. The van der Waals surface area contributed by atoms with Crippen LogP contribution in [0.2, 0.25) is 0 Å². The molecule has 0 aliphatic carbocycles. The van der Waals surface area contributed by atoms with Crippen molar-refractivity contribution < 1.29 is 4.42 Å². The summed E-state index contributed by atoms with van der Waals surface area (Å²) >= 11 is 1.52. The molecule has 23 heavy (non-hydrogen) atoms. The van der Waals surface area contributed by atoms with Crippen LogP contribution in [0.4, 0.5) is 0 Å². The molecule has 0 unspecified atom stereocenters. The van der Waals surface area contributed by atoms with Gasteiger partial charge in [-0.15, -0.1) is 10.2 Å². The minimum absolute atomic E-state index is 0.501. The van der Waals surface area contributed by atoms with E-state index in [0.717, 1.165) is 22.6 Å². The van der Waals surface area contributed by atoms with Crippen LogP contribution < -0.4 is 5.32 Å². The van der Waals surface area contributed by atoms with E-state index in [0.29, 0.717) is 5.41 Å². The summed E-state index contributed by atoms with van der Waals surface area (Å²) in [5, 5.41) is 13.3. The maximum Gasteiger partial charge on any atom is 0.198 e. The molecule has 1 N–H and O–H groups in total. The van der Waals surface area contributed by atoms with Crippen molar-refractivity contribution in [1.29, 1.82) is 0 Å². The van der Waals surface area contributed by atoms with Crippen LogP contribution in [0, 0.1) is 5.41 Å². The summed E-state index contributed by atoms with van der Waals surface area (Å²) in [6.07, 6.45) is 5.68. The lowest BCUT2D eigenvalue weighted by Crippen LogP contribution is -2.41. The summed E-state index contributed by atoms with van der Waals surface area (Å²) in [5.41, 5.74) is 0.501. The lowest BCUT2D eigenvalue weighted by atomic mass is 9.80. The van der Waals surface area contributed by atoms with Gasteiger partial charge in [-0.25, -0.2) is 0 Å². The predicted molar refractivity (Wildman–Crippen MR) is 88.3 cm³/mol. The number of nitrogens with one attached hydrogen (secondary N) is 1. The standard InChI is InChI=1S/C16H23N5OS/c1-20-12-18-19-15(20)23-14-4-3-13(22-14)9-21-8-6-16(11-21)5-2-7-17-10-16/h3-4,12,17H,2,5-11H2,1H3/t16-/m0/s1. The van der Waals surface area contributed by atoms with E-state index in [1.54, 1.807) is 6.33 Å². The van der Waals surface area contributed by atoms with E-state index >= 15 is 0 Å². The molecular formula is C16H23N5OS. The lowest BCUT2D eigenvalue weighted by molar-refractivity contribution is 0.192. The molecule has 2 aliphatic rings. The zero-order valence-electron chi connectivity index (χ0n) is 13.5. The molecule has 2 aliphatic heterocycles. The first-order valence-corrected chi connectivity index (χ1v) is 9.08. The Morgan fingerprint density at radius 3 is 3.13 bits per heavy atom. The molecule has 1 spiro atoms. The van der Waals surface area contributed by atoms with Crippen molar-refractivity contribution in [3.05, 3.63) is 24.2 Å². The summed E-state index contributed by atoms with van der Waals surface area (Å²) < 4.78 is 7.87. The molecule has 1 atom stereocenters. The van der Waals surface area contributed by atoms with Gasteiger partial charge in [0.15, 0.2) is 10.2 Å². The summed E-state index contributed by atoms with van der Waals surface area (Å²) in [4.78, 5) is 2.53. The molecule has 124 valence electrons. The van der Waals surface area contributed by atoms with Crippen molar-refractivity contribution in [2.75, 3.05) is 26.2 Å². The lowest BCUT2D eigenvalue weighted by Gasteiger charge is -2.33. The molecule has 2 aromatic rings. The number of nitrogens with zero attached hydrogens (tertiary/aromatic N) is 4. The molecule has 0 radical (unpaired) electrons. The highest BCUT2D eigenvalue weighted by Gasteiger charge is 2.38. The number of hydrogen-bond acceptors (Lipinski definition) is 6. The maximum absolute atomic E-state index is 5.97. The first-order chi connectivity index (χ1) is 11.2. The van der Waals surface area contributed by atoms with Gasteiger partial charge < -0.3 is 14.3 Å². The number of piperidine rings is 1. The zero-order valence-corrected chi connectivity index (χ0v) is 14.3. The Kier molecular flexibility index (Phi) is 4.17. The van der Waals surface area contributed by atoms with E-state index in [4.69, 9.17) is 4.42 Å². The number of aryl methyl sites for hydroxylation is 1. The van der Waals surface area contributed by atoms with Gasteiger partial charge in [-0.05, 0) is 61.7 Å². The van der Waals surface area contributed by atoms with Gasteiger partial charge >= 0.3 is 0 Å². The van der Waals surface area contributed by atoms with Crippen LogP contribution >= 0.6 is 11.8 Å². The summed E-state index contributed by atoms with van der Waals surface area (Å²) in [6, 6.07) is 4.12. The average molecular weight is 333 g/mol. The van der Waals surface area contributed by atoms with Gasteiger partial charge in [0.25, 0.3) is 0 Å². The molecule has 0 saturated carbocycles. The van der Waals surface area contributed by atoms with Gasteiger partial charge in [0.1, 0.15) is 12.1 Å². The smallest absolute Gasteiger partial charge is 0.198 e. The zero-order chi connectivity index (χ0) is 15.7. The Balaban J connectivity index is 1.36. The van der Waals surface area contributed by atoms with E-state index < -0.39 is 0 Å². The molecule has 4 heterocycles. The molecular weight excluding hydrogens is 310 g/mol. The quantitative estimate of drug-likeness (QED) is 0.925. The van der Waals surface area contributed by atoms with Crippen molar-refractivity contribution in [1.82, 2.24) is 25.0 Å². The second-order valence-corrected chi connectivity index (χ2v) is 7.76. The topological polar surface area (TPSA) is 59.1 Å². The van der Waals surface area contributed by atoms with E-state index in [2.05, 4.69) is 26.5 Å². The highest BCUT2D eigenvalue weighted by molar-refractivity contribution is 7.99. The van der Waals surface area contributed by atoms with Gasteiger partial charge in [-0.3, -0.25) is 4.90 Å². The van der Waals surface area contributed by atoms with Crippen molar-refractivity contribution in [3.8, 4) is 0 Å². The number of hydrogen-bond donors (Lipinski definition) is 1. The predicted octanol–water partition coefficient (Wildman–Crippen LogP) is 2.13. The Bertz CT molecular complexity index is 661. The third-order valence-electron chi connectivity index (χ3n) is 4.96. The van der Waals surface area contributed by atoms with E-state index in [1.165, 1.54) is 57.2 Å². The van der Waals surface area contributed by atoms with Crippen molar-refractivity contribution in [3.63, 3.8) is 0 Å². The molecule has 0 bridgehead atoms. The fourth-order valence-corrected chi connectivity index (χ4v) is 4.46. The van der Waals surface area contributed by atoms with E-state index in [1.807, 2.05) is 17.7 Å². The Morgan fingerprint density at radius 1 is 1.39 bits per heavy atom. The highest BCUT2D eigenvalue weighted by Crippen LogP contribution is 2.37. The normalized spacial score (nSPS) is 25.4. The molecule has 4 rings (SSSR count). The van der Waals surface area contributed by atoms with Crippen molar-refractivity contribution in [2.45, 2.75) is 36.1 Å². The number of furan rings is 1. The Morgan fingerprint density at radius 2 is 2.35 bits per heavy atom. The second-order valence-electron chi connectivity index (χ2n) is 6.79. The molecule has 7 heteroatoms. The first-order valence-electron chi connectivity index (χ1n) is 8.26. The molecule has 2 fully saturated rings. The monoisotopic (exact) mass is 333 g/mol. The third-order valence-corrected chi connectivity index (χ3v) is 5.93. The largest absolute Gasteiger partial charge is 0.453 e. The fourth-order valence-electron chi connectivity index (χ4n) is 3.71. The van der Waals surface area contributed by atoms with Crippen molar-refractivity contribution in [2.24, 2.45) is 12.5 Å². The Hall–Kier alpha value is -1.31. The summed E-state index contributed by atoms with van der Waals surface area (Å²) in [7, 11) is 1.94. The minimum atomic E-state index is 0.501. The first kappa shape index (κ1) is 15.2. The molecule has 6 nitrogen and oxygen atoms in total. The van der Waals surface area contributed by atoms with Gasteiger partial charge in [-0.2, -0.15) is 0 Å². The molecule has 0 amide bonds.